The molecule has 1 aromatic heterocycles. The van der Waals surface area contributed by atoms with Crippen molar-refractivity contribution in [2.75, 3.05) is 0 Å². The lowest BCUT2D eigenvalue weighted by Gasteiger charge is -2.15. The molecule has 0 spiro atoms. The Labute approximate surface area is 113 Å². The number of nitro groups is 1. The number of ether oxygens (including phenoxy) is 1. The topological polar surface area (TPSA) is 100 Å². The van der Waals surface area contributed by atoms with Crippen molar-refractivity contribution >= 4 is 12.0 Å². The fourth-order valence-electron chi connectivity index (χ4n) is 2.56. The first-order chi connectivity index (χ1) is 9.58. The van der Waals surface area contributed by atoms with Gasteiger partial charge in [0.1, 0.15) is 12.1 Å². The van der Waals surface area contributed by atoms with E-state index in [0.29, 0.717) is 36.2 Å². The molecule has 2 heterocycles. The zero-order valence-electron chi connectivity index (χ0n) is 10.8. The maximum absolute atomic E-state index is 11.8. The summed E-state index contributed by atoms with van der Waals surface area (Å²) in [4.78, 5) is 26.6. The molecule has 1 atom stereocenters. The first kappa shape index (κ1) is 12.5. The fraction of sp³-hybridized carbons (Fsp3) is 0.417. The van der Waals surface area contributed by atoms with Crippen LogP contribution in [0.1, 0.15) is 25.1 Å². The van der Waals surface area contributed by atoms with Gasteiger partial charge in [0.05, 0.1) is 11.1 Å². The smallest absolute Gasteiger partial charge is 0.340 e. The Balaban J connectivity index is 2.07. The molecule has 0 N–H and O–H groups in total. The highest BCUT2D eigenvalue weighted by molar-refractivity contribution is 5.96. The predicted octanol–water partition coefficient (Wildman–Crippen LogP) is 0.839. The van der Waals surface area contributed by atoms with Crippen LogP contribution in [-0.4, -0.2) is 31.7 Å². The number of hydrogen-bond donors (Lipinski definition) is 0. The third-order valence-corrected chi connectivity index (χ3v) is 3.54. The number of esters is 1. The number of hydrogen-bond acceptors (Lipinski definition) is 6. The maximum atomic E-state index is 11.8. The van der Waals surface area contributed by atoms with Crippen molar-refractivity contribution in [2.45, 2.75) is 25.3 Å². The van der Waals surface area contributed by atoms with Gasteiger partial charge in [0.15, 0.2) is 5.82 Å². The molecule has 0 amide bonds. The van der Waals surface area contributed by atoms with Crippen molar-refractivity contribution in [3.8, 4) is 0 Å². The van der Waals surface area contributed by atoms with Crippen molar-refractivity contribution in [3.05, 3.63) is 39.2 Å². The van der Waals surface area contributed by atoms with E-state index >= 15 is 0 Å². The summed E-state index contributed by atoms with van der Waals surface area (Å²) in [5.41, 5.74) is 0.820. The quantitative estimate of drug-likeness (QED) is 0.450. The zero-order valence-corrected chi connectivity index (χ0v) is 10.8. The summed E-state index contributed by atoms with van der Waals surface area (Å²) in [5, 5.41) is 15.1. The summed E-state index contributed by atoms with van der Waals surface area (Å²) in [7, 11) is 1.69. The molecule has 0 bridgehead atoms. The number of rotatable bonds is 2. The molecule has 0 saturated heterocycles. The summed E-state index contributed by atoms with van der Waals surface area (Å²) in [6, 6.07) is -0.885. The minimum Gasteiger partial charge on any atom is -0.422 e. The molecular formula is C12H12N4O4. The van der Waals surface area contributed by atoms with Crippen LogP contribution in [0.3, 0.4) is 0 Å². The number of carbonyl (C=O) groups is 1. The van der Waals surface area contributed by atoms with Gasteiger partial charge in [0, 0.05) is 24.5 Å². The van der Waals surface area contributed by atoms with E-state index in [9.17, 15) is 14.9 Å². The summed E-state index contributed by atoms with van der Waals surface area (Å²) in [5.74, 6) is 0.219. The van der Waals surface area contributed by atoms with E-state index in [2.05, 4.69) is 10.1 Å². The highest BCUT2D eigenvalue weighted by Crippen LogP contribution is 2.38. The number of nitrogens with zero attached hydrogens (tertiary/aromatic N) is 4. The van der Waals surface area contributed by atoms with Gasteiger partial charge in [0.25, 0.3) is 0 Å². The number of aromatic nitrogens is 3. The maximum Gasteiger partial charge on any atom is 0.340 e. The van der Waals surface area contributed by atoms with Crippen LogP contribution in [0, 0.1) is 10.1 Å². The molecule has 0 aromatic carbocycles. The van der Waals surface area contributed by atoms with Crippen molar-refractivity contribution in [1.29, 1.82) is 0 Å². The molecule has 2 aliphatic rings. The Morgan fingerprint density at radius 2 is 2.40 bits per heavy atom. The van der Waals surface area contributed by atoms with Crippen LogP contribution < -0.4 is 0 Å². The molecule has 20 heavy (non-hydrogen) atoms. The largest absolute Gasteiger partial charge is 0.422 e. The highest BCUT2D eigenvalue weighted by Gasteiger charge is 2.42. The Morgan fingerprint density at radius 1 is 1.60 bits per heavy atom. The third kappa shape index (κ3) is 1.89. The van der Waals surface area contributed by atoms with Crippen LogP contribution in [0.4, 0.5) is 0 Å². The van der Waals surface area contributed by atoms with Gasteiger partial charge in [-0.3, -0.25) is 10.1 Å². The lowest BCUT2D eigenvalue weighted by molar-refractivity contribution is -0.513. The predicted molar refractivity (Wildman–Crippen MR) is 66.7 cm³/mol. The number of aryl methyl sites for hydroxylation is 1. The van der Waals surface area contributed by atoms with Crippen LogP contribution in [0.25, 0.3) is 6.08 Å². The van der Waals surface area contributed by atoms with Crippen molar-refractivity contribution in [2.24, 2.45) is 7.05 Å². The van der Waals surface area contributed by atoms with Gasteiger partial charge < -0.3 is 4.74 Å². The minimum absolute atomic E-state index is 0.225. The standard InChI is InChI=1S/C12H12N4O4/c1-15-10(13-6-14-15)5-9-11-7(12(17)20-9)3-2-4-8(11)16(18)19/h5-6,8H,2-4H2,1H3. The molecule has 1 aliphatic carbocycles. The van der Waals surface area contributed by atoms with E-state index in [1.165, 1.54) is 17.1 Å². The summed E-state index contributed by atoms with van der Waals surface area (Å²) >= 11 is 0. The SMILES string of the molecule is Cn1ncnc1C=C1OC(=O)C2=C1C([N+](=O)[O-])CCC2. The number of carbonyl (C=O) groups excluding carboxylic acids is 1. The zero-order chi connectivity index (χ0) is 14.3. The monoisotopic (exact) mass is 276 g/mol. The second-order valence-corrected chi connectivity index (χ2v) is 4.73. The summed E-state index contributed by atoms with van der Waals surface area (Å²) in [6.45, 7) is 0. The van der Waals surface area contributed by atoms with Crippen LogP contribution in [-0.2, 0) is 16.6 Å². The third-order valence-electron chi connectivity index (χ3n) is 3.54. The lowest BCUT2D eigenvalue weighted by atomic mass is 9.88. The average molecular weight is 276 g/mol. The van der Waals surface area contributed by atoms with Gasteiger partial charge >= 0.3 is 5.97 Å². The average Bonchev–Trinajstić information content (AvgIpc) is 2.95. The Kier molecular flexibility index (Phi) is 2.85. The van der Waals surface area contributed by atoms with E-state index in [1.54, 1.807) is 7.05 Å². The van der Waals surface area contributed by atoms with E-state index in [4.69, 9.17) is 4.74 Å². The molecule has 1 aliphatic heterocycles. The van der Waals surface area contributed by atoms with Crippen LogP contribution in [0.15, 0.2) is 23.2 Å². The normalized spacial score (nSPS) is 23.9. The van der Waals surface area contributed by atoms with Gasteiger partial charge in [-0.25, -0.2) is 14.5 Å². The van der Waals surface area contributed by atoms with Gasteiger partial charge in [-0.2, -0.15) is 5.10 Å². The first-order valence-corrected chi connectivity index (χ1v) is 6.22. The molecule has 104 valence electrons. The van der Waals surface area contributed by atoms with Crippen LogP contribution in [0.2, 0.25) is 0 Å². The second kappa shape index (κ2) is 4.55. The summed E-state index contributed by atoms with van der Waals surface area (Å²) in [6.07, 6.45) is 4.45. The first-order valence-electron chi connectivity index (χ1n) is 6.22. The lowest BCUT2D eigenvalue weighted by Crippen LogP contribution is -2.26. The van der Waals surface area contributed by atoms with E-state index in [-0.39, 0.29) is 10.7 Å². The molecule has 1 aromatic rings. The van der Waals surface area contributed by atoms with Gasteiger partial charge in [-0.1, -0.05) is 0 Å². The fourth-order valence-corrected chi connectivity index (χ4v) is 2.56. The molecule has 8 nitrogen and oxygen atoms in total. The van der Waals surface area contributed by atoms with E-state index in [1.807, 2.05) is 0 Å². The van der Waals surface area contributed by atoms with Gasteiger partial charge in [0.2, 0.25) is 6.04 Å². The Morgan fingerprint density at radius 3 is 3.05 bits per heavy atom. The Bertz CT molecular complexity index is 658. The summed E-state index contributed by atoms with van der Waals surface area (Å²) < 4.78 is 6.68. The van der Waals surface area contributed by atoms with Crippen molar-refractivity contribution in [1.82, 2.24) is 14.8 Å². The molecular weight excluding hydrogens is 264 g/mol. The van der Waals surface area contributed by atoms with Crippen molar-refractivity contribution < 1.29 is 14.5 Å². The van der Waals surface area contributed by atoms with Crippen LogP contribution >= 0.6 is 0 Å². The molecule has 0 saturated carbocycles. The molecule has 0 radical (unpaired) electrons. The van der Waals surface area contributed by atoms with Gasteiger partial charge in [-0.15, -0.1) is 0 Å². The minimum atomic E-state index is -0.885. The second-order valence-electron chi connectivity index (χ2n) is 4.73. The molecule has 8 heteroatoms. The van der Waals surface area contributed by atoms with E-state index < -0.39 is 12.0 Å². The molecule has 3 rings (SSSR count). The van der Waals surface area contributed by atoms with Crippen LogP contribution in [0.5, 0.6) is 0 Å². The van der Waals surface area contributed by atoms with Gasteiger partial charge in [-0.05, 0) is 12.8 Å². The molecule has 1 unspecified atom stereocenters. The number of cyclic esters (lactones) is 1. The van der Waals surface area contributed by atoms with E-state index in [0.717, 1.165) is 0 Å². The van der Waals surface area contributed by atoms with Crippen molar-refractivity contribution in [3.63, 3.8) is 0 Å². The molecule has 0 fully saturated rings. The Hall–Kier alpha value is -2.51. The highest BCUT2D eigenvalue weighted by atomic mass is 16.6.